The Hall–Kier alpha value is -1.52. The second-order valence-electron chi connectivity index (χ2n) is 5.98. The van der Waals surface area contributed by atoms with E-state index in [1.54, 1.807) is 0 Å². The van der Waals surface area contributed by atoms with Crippen molar-refractivity contribution in [2.24, 2.45) is 5.92 Å². The van der Waals surface area contributed by atoms with Gasteiger partial charge in [0.15, 0.2) is 0 Å². The number of benzene rings is 1. The first-order valence-corrected chi connectivity index (χ1v) is 7.80. The molecular weight excluding hydrogens is 298 g/mol. The predicted octanol–water partition coefficient (Wildman–Crippen LogP) is 2.64. The number of nitrogens with one attached hydrogen (secondary N) is 3. The summed E-state index contributed by atoms with van der Waals surface area (Å²) in [4.78, 5) is 15.5. The smallest absolute Gasteiger partial charge is 0.223 e. The number of carbonyl (C=O) groups excluding carboxylic acids is 1. The minimum atomic E-state index is 0. The lowest BCUT2D eigenvalue weighted by molar-refractivity contribution is -0.126. The van der Waals surface area contributed by atoms with Crippen molar-refractivity contribution in [1.82, 2.24) is 15.6 Å². The topological polar surface area (TPSA) is 56.9 Å². The molecule has 3 N–H and O–H groups in total. The number of H-pyrrole nitrogens is 1. The molecular formula is C17H24ClN3O. The zero-order valence-corrected chi connectivity index (χ0v) is 13.7. The van der Waals surface area contributed by atoms with Gasteiger partial charge in [-0.1, -0.05) is 18.2 Å². The first-order chi connectivity index (χ1) is 10.2. The Bertz CT molecular complexity index is 625. The molecule has 1 aromatic carbocycles. The molecule has 4 nitrogen and oxygen atoms in total. The summed E-state index contributed by atoms with van der Waals surface area (Å²) < 4.78 is 0. The van der Waals surface area contributed by atoms with Gasteiger partial charge in [0.2, 0.25) is 5.91 Å². The SMILES string of the molecule is C[C@H]1C[C@@H](C(=O)NCCc2c[nH]c3ccccc23)CCN1.Cl. The number of hydrogen-bond acceptors (Lipinski definition) is 2. The molecule has 22 heavy (non-hydrogen) atoms. The number of para-hydroxylation sites is 1. The minimum Gasteiger partial charge on any atom is -0.361 e. The molecule has 1 aromatic heterocycles. The Morgan fingerprint density at radius 2 is 2.18 bits per heavy atom. The molecule has 0 radical (unpaired) electrons. The number of aromatic nitrogens is 1. The molecule has 1 aliphatic rings. The van der Waals surface area contributed by atoms with E-state index in [0.717, 1.165) is 31.3 Å². The van der Waals surface area contributed by atoms with Crippen molar-refractivity contribution in [3.8, 4) is 0 Å². The zero-order chi connectivity index (χ0) is 14.7. The van der Waals surface area contributed by atoms with Crippen molar-refractivity contribution in [3.63, 3.8) is 0 Å². The van der Waals surface area contributed by atoms with E-state index in [4.69, 9.17) is 0 Å². The van der Waals surface area contributed by atoms with Crippen LogP contribution in [0.25, 0.3) is 10.9 Å². The standard InChI is InChI=1S/C17H23N3O.ClH/c1-12-10-13(6-8-18-12)17(21)19-9-7-14-11-20-16-5-3-2-4-15(14)16;/h2-5,11-13,18,20H,6-10H2,1H3,(H,19,21);1H/t12-,13-;/m0./s1. The highest BCUT2D eigenvalue weighted by Gasteiger charge is 2.24. The van der Waals surface area contributed by atoms with Crippen molar-refractivity contribution in [3.05, 3.63) is 36.0 Å². The average Bonchev–Trinajstić information content (AvgIpc) is 2.91. The van der Waals surface area contributed by atoms with E-state index in [1.807, 2.05) is 12.3 Å². The summed E-state index contributed by atoms with van der Waals surface area (Å²) in [7, 11) is 0. The van der Waals surface area contributed by atoms with Crippen LogP contribution in [0.5, 0.6) is 0 Å². The van der Waals surface area contributed by atoms with Gasteiger partial charge in [0, 0.05) is 35.6 Å². The number of hydrogen-bond donors (Lipinski definition) is 3. The van der Waals surface area contributed by atoms with Crippen LogP contribution in [0, 0.1) is 5.92 Å². The molecule has 2 heterocycles. The number of carbonyl (C=O) groups is 1. The molecule has 3 rings (SSSR count). The van der Waals surface area contributed by atoms with Gasteiger partial charge in [-0.2, -0.15) is 0 Å². The van der Waals surface area contributed by atoms with Gasteiger partial charge in [-0.3, -0.25) is 4.79 Å². The first-order valence-electron chi connectivity index (χ1n) is 7.80. The van der Waals surface area contributed by atoms with Crippen LogP contribution in [0.4, 0.5) is 0 Å². The summed E-state index contributed by atoms with van der Waals surface area (Å²) in [5.41, 5.74) is 2.43. The van der Waals surface area contributed by atoms with Crippen molar-refractivity contribution < 1.29 is 4.79 Å². The highest BCUT2D eigenvalue weighted by atomic mass is 35.5. The van der Waals surface area contributed by atoms with Crippen LogP contribution in [-0.2, 0) is 11.2 Å². The van der Waals surface area contributed by atoms with E-state index >= 15 is 0 Å². The van der Waals surface area contributed by atoms with Gasteiger partial charge in [0.1, 0.15) is 0 Å². The predicted molar refractivity (Wildman–Crippen MR) is 92.4 cm³/mol. The lowest BCUT2D eigenvalue weighted by Crippen LogP contribution is -2.42. The summed E-state index contributed by atoms with van der Waals surface area (Å²) in [6.07, 6.45) is 4.81. The van der Waals surface area contributed by atoms with Gasteiger partial charge >= 0.3 is 0 Å². The fourth-order valence-electron chi connectivity index (χ4n) is 3.17. The molecule has 5 heteroatoms. The van der Waals surface area contributed by atoms with E-state index in [2.05, 4.69) is 40.7 Å². The maximum absolute atomic E-state index is 12.2. The molecule has 0 spiro atoms. The summed E-state index contributed by atoms with van der Waals surface area (Å²) in [5, 5.41) is 7.73. The fourth-order valence-corrected chi connectivity index (χ4v) is 3.17. The van der Waals surface area contributed by atoms with Crippen molar-refractivity contribution in [1.29, 1.82) is 0 Å². The molecule has 0 bridgehead atoms. The van der Waals surface area contributed by atoms with Gasteiger partial charge in [0.05, 0.1) is 0 Å². The second-order valence-corrected chi connectivity index (χ2v) is 5.98. The van der Waals surface area contributed by atoms with Crippen molar-refractivity contribution >= 4 is 29.2 Å². The zero-order valence-electron chi connectivity index (χ0n) is 12.9. The number of fused-ring (bicyclic) bond motifs is 1. The Labute approximate surface area is 137 Å². The minimum absolute atomic E-state index is 0. The molecule has 120 valence electrons. The molecule has 1 aliphatic heterocycles. The monoisotopic (exact) mass is 321 g/mol. The summed E-state index contributed by atoms with van der Waals surface area (Å²) >= 11 is 0. The summed E-state index contributed by atoms with van der Waals surface area (Å²) in [6.45, 7) is 3.80. The second kappa shape index (κ2) is 7.65. The highest BCUT2D eigenvalue weighted by Crippen LogP contribution is 2.18. The largest absolute Gasteiger partial charge is 0.361 e. The number of amides is 1. The Morgan fingerprint density at radius 3 is 3.00 bits per heavy atom. The highest BCUT2D eigenvalue weighted by molar-refractivity contribution is 5.85. The van der Waals surface area contributed by atoms with Crippen LogP contribution in [0.3, 0.4) is 0 Å². The van der Waals surface area contributed by atoms with Crippen molar-refractivity contribution in [2.75, 3.05) is 13.1 Å². The number of rotatable bonds is 4. The normalized spacial score (nSPS) is 21.3. The van der Waals surface area contributed by atoms with Gasteiger partial charge < -0.3 is 15.6 Å². The molecule has 1 saturated heterocycles. The molecule has 2 aromatic rings. The first kappa shape index (κ1) is 16.8. The van der Waals surface area contributed by atoms with Crippen LogP contribution in [0.15, 0.2) is 30.5 Å². The fraction of sp³-hybridized carbons (Fsp3) is 0.471. The third-order valence-electron chi connectivity index (χ3n) is 4.36. The maximum Gasteiger partial charge on any atom is 0.223 e. The van der Waals surface area contributed by atoms with E-state index in [-0.39, 0.29) is 24.2 Å². The molecule has 1 amide bonds. The molecule has 0 unspecified atom stereocenters. The van der Waals surface area contributed by atoms with Crippen LogP contribution in [0.2, 0.25) is 0 Å². The third-order valence-corrected chi connectivity index (χ3v) is 4.36. The molecule has 0 saturated carbocycles. The quantitative estimate of drug-likeness (QED) is 0.811. The Kier molecular flexibility index (Phi) is 5.86. The van der Waals surface area contributed by atoms with Gasteiger partial charge in [-0.25, -0.2) is 0 Å². The lowest BCUT2D eigenvalue weighted by Gasteiger charge is -2.27. The Morgan fingerprint density at radius 1 is 1.36 bits per heavy atom. The molecule has 1 fully saturated rings. The number of aromatic amines is 1. The van der Waals surface area contributed by atoms with Crippen LogP contribution in [0.1, 0.15) is 25.3 Å². The van der Waals surface area contributed by atoms with E-state index < -0.39 is 0 Å². The summed E-state index contributed by atoms with van der Waals surface area (Å²) in [6, 6.07) is 8.73. The molecule has 0 aliphatic carbocycles. The lowest BCUT2D eigenvalue weighted by atomic mass is 9.92. The van der Waals surface area contributed by atoms with Gasteiger partial charge in [-0.15, -0.1) is 12.4 Å². The van der Waals surface area contributed by atoms with Gasteiger partial charge in [-0.05, 0) is 44.4 Å². The van der Waals surface area contributed by atoms with Gasteiger partial charge in [0.25, 0.3) is 0 Å². The Balaban J connectivity index is 0.00000176. The van der Waals surface area contributed by atoms with Crippen LogP contribution < -0.4 is 10.6 Å². The third kappa shape index (κ3) is 3.81. The number of piperidine rings is 1. The maximum atomic E-state index is 12.2. The van der Waals surface area contributed by atoms with Crippen LogP contribution in [-0.4, -0.2) is 30.0 Å². The van der Waals surface area contributed by atoms with Crippen LogP contribution >= 0.6 is 12.4 Å². The number of halogens is 1. The summed E-state index contributed by atoms with van der Waals surface area (Å²) in [5.74, 6) is 0.382. The van der Waals surface area contributed by atoms with Crippen molar-refractivity contribution in [2.45, 2.75) is 32.2 Å². The van der Waals surface area contributed by atoms with E-state index in [0.29, 0.717) is 12.6 Å². The van der Waals surface area contributed by atoms with E-state index in [9.17, 15) is 4.79 Å². The average molecular weight is 322 g/mol. The van der Waals surface area contributed by atoms with E-state index in [1.165, 1.54) is 10.9 Å². The molecule has 2 atom stereocenters.